The van der Waals surface area contributed by atoms with Gasteiger partial charge in [-0.2, -0.15) is 0 Å². The number of carbonyl (C=O) groups is 1. The van der Waals surface area contributed by atoms with Crippen molar-refractivity contribution in [2.75, 3.05) is 6.54 Å². The molecule has 0 N–H and O–H groups in total. The van der Waals surface area contributed by atoms with Gasteiger partial charge >= 0.3 is 0 Å². The van der Waals surface area contributed by atoms with E-state index in [2.05, 4.69) is 56.9 Å². The van der Waals surface area contributed by atoms with Crippen LogP contribution < -0.4 is 0 Å². The normalized spacial score (nSPS) is 19.8. The SMILES string of the molecule is CCC(C)(C)C(=O)N1CCCC1c1cccc(C)c1. The van der Waals surface area contributed by atoms with E-state index in [0.717, 1.165) is 25.8 Å². The highest BCUT2D eigenvalue weighted by molar-refractivity contribution is 5.82. The number of rotatable bonds is 3. The molecule has 2 rings (SSSR count). The predicted octanol–water partition coefficient (Wildman–Crippen LogP) is 4.09. The van der Waals surface area contributed by atoms with E-state index in [0.29, 0.717) is 5.91 Å². The Labute approximate surface area is 116 Å². The zero-order valence-corrected chi connectivity index (χ0v) is 12.6. The fourth-order valence-electron chi connectivity index (χ4n) is 2.77. The molecule has 0 aromatic heterocycles. The molecule has 0 bridgehead atoms. The first-order valence-electron chi connectivity index (χ1n) is 7.33. The Balaban J connectivity index is 2.24. The van der Waals surface area contributed by atoms with Crippen LogP contribution in [-0.4, -0.2) is 17.4 Å². The number of amides is 1. The van der Waals surface area contributed by atoms with Crippen LogP contribution in [0, 0.1) is 12.3 Å². The summed E-state index contributed by atoms with van der Waals surface area (Å²) in [6, 6.07) is 8.85. The standard InChI is InChI=1S/C17H25NO/c1-5-17(3,4)16(19)18-11-7-10-15(18)14-9-6-8-13(2)12-14/h6,8-9,12,15H,5,7,10-11H2,1-4H3. The summed E-state index contributed by atoms with van der Waals surface area (Å²) in [5, 5.41) is 0. The van der Waals surface area contributed by atoms with Crippen molar-refractivity contribution in [2.24, 2.45) is 5.41 Å². The highest BCUT2D eigenvalue weighted by Gasteiger charge is 2.37. The maximum Gasteiger partial charge on any atom is 0.228 e. The number of hydrogen-bond donors (Lipinski definition) is 0. The number of hydrogen-bond acceptors (Lipinski definition) is 1. The second-order valence-electron chi connectivity index (χ2n) is 6.31. The zero-order chi connectivity index (χ0) is 14.0. The van der Waals surface area contributed by atoms with Crippen molar-refractivity contribution in [3.8, 4) is 0 Å². The van der Waals surface area contributed by atoms with E-state index in [1.54, 1.807) is 0 Å². The van der Waals surface area contributed by atoms with E-state index in [4.69, 9.17) is 0 Å². The fraction of sp³-hybridized carbons (Fsp3) is 0.588. The first-order chi connectivity index (χ1) is 8.95. The minimum absolute atomic E-state index is 0.244. The largest absolute Gasteiger partial charge is 0.335 e. The summed E-state index contributed by atoms with van der Waals surface area (Å²) in [6.07, 6.45) is 3.10. The molecular formula is C17H25NO. The van der Waals surface area contributed by atoms with Crippen LogP contribution in [0.15, 0.2) is 24.3 Å². The topological polar surface area (TPSA) is 20.3 Å². The number of nitrogens with zero attached hydrogens (tertiary/aromatic N) is 1. The van der Waals surface area contributed by atoms with E-state index in [1.807, 2.05) is 0 Å². The van der Waals surface area contributed by atoms with Crippen molar-refractivity contribution in [3.05, 3.63) is 35.4 Å². The Bertz CT molecular complexity index is 464. The van der Waals surface area contributed by atoms with Gasteiger partial charge in [-0.15, -0.1) is 0 Å². The summed E-state index contributed by atoms with van der Waals surface area (Å²) in [7, 11) is 0. The molecule has 1 saturated heterocycles. The highest BCUT2D eigenvalue weighted by Crippen LogP contribution is 2.36. The van der Waals surface area contributed by atoms with Crippen molar-refractivity contribution >= 4 is 5.91 Å². The van der Waals surface area contributed by atoms with Gasteiger partial charge in [0.15, 0.2) is 0 Å². The molecule has 1 fully saturated rings. The lowest BCUT2D eigenvalue weighted by Gasteiger charge is -2.33. The molecule has 104 valence electrons. The molecule has 0 saturated carbocycles. The number of benzene rings is 1. The van der Waals surface area contributed by atoms with Crippen molar-refractivity contribution in [3.63, 3.8) is 0 Å². The molecule has 0 radical (unpaired) electrons. The van der Waals surface area contributed by atoms with Gasteiger partial charge in [0, 0.05) is 12.0 Å². The van der Waals surface area contributed by atoms with Gasteiger partial charge in [0.2, 0.25) is 5.91 Å². The lowest BCUT2D eigenvalue weighted by molar-refractivity contribution is -0.141. The molecule has 1 aromatic carbocycles. The minimum Gasteiger partial charge on any atom is -0.335 e. The van der Waals surface area contributed by atoms with Gasteiger partial charge in [-0.05, 0) is 31.7 Å². The molecule has 0 aliphatic carbocycles. The second-order valence-corrected chi connectivity index (χ2v) is 6.31. The van der Waals surface area contributed by atoms with Crippen LogP contribution in [0.5, 0.6) is 0 Å². The fourth-order valence-corrected chi connectivity index (χ4v) is 2.77. The molecule has 1 heterocycles. The summed E-state index contributed by atoms with van der Waals surface area (Å²) >= 11 is 0. The van der Waals surface area contributed by atoms with Gasteiger partial charge in [0.25, 0.3) is 0 Å². The summed E-state index contributed by atoms with van der Waals surface area (Å²) in [6.45, 7) is 9.22. The lowest BCUT2D eigenvalue weighted by Crippen LogP contribution is -2.40. The molecule has 1 aromatic rings. The van der Waals surface area contributed by atoms with Gasteiger partial charge in [-0.1, -0.05) is 50.6 Å². The maximum absolute atomic E-state index is 12.7. The zero-order valence-electron chi connectivity index (χ0n) is 12.6. The Morgan fingerprint density at radius 2 is 2.16 bits per heavy atom. The third-order valence-electron chi connectivity index (χ3n) is 4.40. The smallest absolute Gasteiger partial charge is 0.228 e. The van der Waals surface area contributed by atoms with Gasteiger partial charge in [0.1, 0.15) is 0 Å². The molecule has 1 aliphatic heterocycles. The lowest BCUT2D eigenvalue weighted by atomic mass is 9.88. The van der Waals surface area contributed by atoms with E-state index in [9.17, 15) is 4.79 Å². The van der Waals surface area contributed by atoms with Crippen molar-refractivity contribution in [2.45, 2.75) is 53.0 Å². The Morgan fingerprint density at radius 3 is 2.79 bits per heavy atom. The summed E-state index contributed by atoms with van der Waals surface area (Å²) in [5.74, 6) is 0.305. The van der Waals surface area contributed by atoms with E-state index >= 15 is 0 Å². The van der Waals surface area contributed by atoms with Gasteiger partial charge in [0.05, 0.1) is 6.04 Å². The number of aryl methyl sites for hydroxylation is 1. The highest BCUT2D eigenvalue weighted by atomic mass is 16.2. The maximum atomic E-state index is 12.7. The van der Waals surface area contributed by atoms with Crippen LogP contribution >= 0.6 is 0 Å². The van der Waals surface area contributed by atoms with Crippen LogP contribution in [0.2, 0.25) is 0 Å². The van der Waals surface area contributed by atoms with E-state index in [-0.39, 0.29) is 11.5 Å². The average Bonchev–Trinajstić information content (AvgIpc) is 2.86. The molecule has 0 spiro atoms. The molecule has 1 aliphatic rings. The minimum atomic E-state index is -0.244. The number of likely N-dealkylation sites (tertiary alicyclic amines) is 1. The van der Waals surface area contributed by atoms with Gasteiger partial charge < -0.3 is 4.90 Å². The summed E-state index contributed by atoms with van der Waals surface area (Å²) in [5.41, 5.74) is 2.32. The monoisotopic (exact) mass is 259 g/mol. The van der Waals surface area contributed by atoms with E-state index in [1.165, 1.54) is 11.1 Å². The van der Waals surface area contributed by atoms with E-state index < -0.39 is 0 Å². The molecule has 1 unspecified atom stereocenters. The summed E-state index contributed by atoms with van der Waals surface area (Å²) < 4.78 is 0. The molecule has 1 amide bonds. The van der Waals surface area contributed by atoms with Crippen LogP contribution in [-0.2, 0) is 4.79 Å². The summed E-state index contributed by atoms with van der Waals surface area (Å²) in [4.78, 5) is 14.8. The van der Waals surface area contributed by atoms with Crippen LogP contribution in [0.25, 0.3) is 0 Å². The second kappa shape index (κ2) is 5.36. The Morgan fingerprint density at radius 1 is 1.42 bits per heavy atom. The predicted molar refractivity (Wildman–Crippen MR) is 78.9 cm³/mol. The van der Waals surface area contributed by atoms with Gasteiger partial charge in [-0.3, -0.25) is 4.79 Å². The molecular weight excluding hydrogens is 234 g/mol. The third-order valence-corrected chi connectivity index (χ3v) is 4.40. The van der Waals surface area contributed by atoms with Crippen molar-refractivity contribution in [1.29, 1.82) is 0 Å². The Kier molecular flexibility index (Phi) is 3.98. The third kappa shape index (κ3) is 2.83. The molecule has 2 nitrogen and oxygen atoms in total. The molecule has 1 atom stereocenters. The molecule has 19 heavy (non-hydrogen) atoms. The van der Waals surface area contributed by atoms with Crippen LogP contribution in [0.3, 0.4) is 0 Å². The molecule has 2 heteroatoms. The number of carbonyl (C=O) groups excluding carboxylic acids is 1. The first-order valence-corrected chi connectivity index (χ1v) is 7.33. The Hall–Kier alpha value is -1.31. The van der Waals surface area contributed by atoms with Crippen LogP contribution in [0.1, 0.15) is 57.2 Å². The van der Waals surface area contributed by atoms with Gasteiger partial charge in [-0.25, -0.2) is 0 Å². The first kappa shape index (κ1) is 14.1. The average molecular weight is 259 g/mol. The van der Waals surface area contributed by atoms with Crippen molar-refractivity contribution in [1.82, 2.24) is 4.90 Å². The van der Waals surface area contributed by atoms with Crippen molar-refractivity contribution < 1.29 is 4.79 Å². The quantitative estimate of drug-likeness (QED) is 0.800. The van der Waals surface area contributed by atoms with Crippen LogP contribution in [0.4, 0.5) is 0 Å².